The standard InChI is InChI=1S/C25H26N2Se/c28-25-26(19-9-15-21-11-3-1-4-12-21)23-17-7-8-18-24(23)27(25)20-10-16-22-13-5-2-6-14-22/h1-8,11-14,17-18H,9-10,15-16,19-20H2. The summed E-state index contributed by atoms with van der Waals surface area (Å²) in [5.74, 6) is 0. The molecular formula is C25H26N2Se. The molecule has 0 atom stereocenters. The van der Waals surface area contributed by atoms with Crippen molar-refractivity contribution in [2.75, 3.05) is 0 Å². The maximum absolute atomic E-state index is 3.35. The van der Waals surface area contributed by atoms with E-state index in [1.54, 1.807) is 0 Å². The van der Waals surface area contributed by atoms with Gasteiger partial charge in [-0.05, 0) is 0 Å². The fraction of sp³-hybridized carbons (Fsp3) is 0.240. The van der Waals surface area contributed by atoms with E-state index in [9.17, 15) is 0 Å². The Labute approximate surface area is 174 Å². The first kappa shape index (κ1) is 19.0. The Balaban J connectivity index is 1.49. The summed E-state index contributed by atoms with van der Waals surface area (Å²) in [4.78, 5) is 0. The van der Waals surface area contributed by atoms with Crippen molar-refractivity contribution in [3.8, 4) is 0 Å². The molecule has 28 heavy (non-hydrogen) atoms. The number of nitrogens with zero attached hydrogens (tertiary/aromatic N) is 2. The molecular weight excluding hydrogens is 407 g/mol. The molecule has 0 aliphatic carbocycles. The third-order valence-electron chi connectivity index (χ3n) is 5.31. The van der Waals surface area contributed by atoms with Crippen molar-refractivity contribution in [2.24, 2.45) is 0 Å². The second-order valence-electron chi connectivity index (χ2n) is 7.25. The number of rotatable bonds is 8. The first-order valence-corrected chi connectivity index (χ1v) is 10.9. The second-order valence-corrected chi connectivity index (χ2v) is 8.02. The molecule has 3 aromatic carbocycles. The Kier molecular flexibility index (Phi) is 6.26. The van der Waals surface area contributed by atoms with Crippen LogP contribution in [0.1, 0.15) is 24.0 Å². The first-order valence-electron chi connectivity index (χ1n) is 10.1. The molecule has 0 bridgehead atoms. The van der Waals surface area contributed by atoms with Crippen molar-refractivity contribution in [1.29, 1.82) is 0 Å². The van der Waals surface area contributed by atoms with E-state index in [0.717, 1.165) is 38.8 Å². The minimum absolute atomic E-state index is 1.03. The molecule has 0 N–H and O–H groups in total. The maximum atomic E-state index is 3.35. The molecule has 142 valence electrons. The van der Waals surface area contributed by atoms with Crippen molar-refractivity contribution in [3.63, 3.8) is 0 Å². The van der Waals surface area contributed by atoms with Crippen LogP contribution in [0.2, 0.25) is 0 Å². The van der Waals surface area contributed by atoms with Gasteiger partial charge in [0, 0.05) is 0 Å². The van der Waals surface area contributed by atoms with Gasteiger partial charge in [-0.1, -0.05) is 0 Å². The Morgan fingerprint density at radius 2 is 0.929 bits per heavy atom. The van der Waals surface area contributed by atoms with Gasteiger partial charge < -0.3 is 0 Å². The van der Waals surface area contributed by atoms with Crippen LogP contribution in [-0.2, 0) is 25.9 Å². The molecule has 2 nitrogen and oxygen atoms in total. The second kappa shape index (κ2) is 9.23. The van der Waals surface area contributed by atoms with Crippen molar-refractivity contribution in [2.45, 2.75) is 38.8 Å². The van der Waals surface area contributed by atoms with E-state index in [4.69, 9.17) is 0 Å². The number of aryl methyl sites for hydroxylation is 4. The van der Waals surface area contributed by atoms with Crippen LogP contribution in [0.15, 0.2) is 84.9 Å². The van der Waals surface area contributed by atoms with E-state index in [0.29, 0.717) is 0 Å². The van der Waals surface area contributed by atoms with Crippen LogP contribution < -0.4 is 0 Å². The van der Waals surface area contributed by atoms with E-state index >= 15 is 0 Å². The first-order chi connectivity index (χ1) is 13.8. The molecule has 4 rings (SSSR count). The average molecular weight is 433 g/mol. The summed E-state index contributed by atoms with van der Waals surface area (Å²) < 4.78 is 6.13. The number of aromatic nitrogens is 2. The molecule has 0 fully saturated rings. The van der Waals surface area contributed by atoms with Gasteiger partial charge >= 0.3 is 175 Å². The zero-order chi connectivity index (χ0) is 19.2. The topological polar surface area (TPSA) is 9.86 Å². The van der Waals surface area contributed by atoms with Crippen molar-refractivity contribution in [1.82, 2.24) is 9.13 Å². The van der Waals surface area contributed by atoms with Gasteiger partial charge in [-0.15, -0.1) is 0 Å². The molecule has 0 amide bonds. The van der Waals surface area contributed by atoms with Gasteiger partial charge in [-0.25, -0.2) is 0 Å². The Morgan fingerprint density at radius 1 is 0.536 bits per heavy atom. The molecule has 3 heteroatoms. The number of imidazole rings is 1. The van der Waals surface area contributed by atoms with E-state index in [1.165, 1.54) is 26.5 Å². The summed E-state index contributed by atoms with van der Waals surface area (Å²) in [5.41, 5.74) is 5.47. The zero-order valence-electron chi connectivity index (χ0n) is 16.1. The van der Waals surface area contributed by atoms with Crippen molar-refractivity contribution < 1.29 is 0 Å². The van der Waals surface area contributed by atoms with Crippen molar-refractivity contribution >= 4 is 26.6 Å². The molecule has 0 aliphatic heterocycles. The van der Waals surface area contributed by atoms with E-state index in [1.807, 2.05) is 0 Å². The third-order valence-corrected chi connectivity index (χ3v) is 6.23. The summed E-state index contributed by atoms with van der Waals surface area (Å²) in [6, 6.07) is 30.3. The van der Waals surface area contributed by atoms with E-state index in [2.05, 4.69) is 110 Å². The van der Waals surface area contributed by atoms with Crippen molar-refractivity contribution in [3.05, 3.63) is 100 Å². The SMILES string of the molecule is [Se]=c1n(CCCc2ccccc2)c2ccccc2n1CCCc1ccccc1. The number of para-hydroxylation sites is 2. The molecule has 1 aromatic heterocycles. The molecule has 0 saturated carbocycles. The van der Waals surface area contributed by atoms with Crippen LogP contribution in [-0.4, -0.2) is 24.7 Å². The number of fused-ring (bicyclic) bond motifs is 1. The summed E-state index contributed by atoms with van der Waals surface area (Å²) in [5, 5.41) is 0. The van der Waals surface area contributed by atoms with Gasteiger partial charge in [0.25, 0.3) is 0 Å². The zero-order valence-corrected chi connectivity index (χ0v) is 17.8. The Morgan fingerprint density at radius 3 is 1.36 bits per heavy atom. The van der Waals surface area contributed by atoms with E-state index < -0.39 is 0 Å². The number of hydrogen-bond acceptors (Lipinski definition) is 0. The van der Waals surface area contributed by atoms with Gasteiger partial charge in [0.2, 0.25) is 0 Å². The molecule has 1 heterocycles. The van der Waals surface area contributed by atoms with Crippen LogP contribution >= 0.6 is 0 Å². The fourth-order valence-corrected chi connectivity index (χ4v) is 4.67. The van der Waals surface area contributed by atoms with E-state index in [-0.39, 0.29) is 0 Å². The summed E-state index contributed by atoms with van der Waals surface area (Å²) in [6.07, 6.45) is 4.50. The van der Waals surface area contributed by atoms with Crippen LogP contribution in [0, 0.1) is 4.32 Å². The van der Waals surface area contributed by atoms with Gasteiger partial charge in [-0.3, -0.25) is 0 Å². The Bertz CT molecular complexity index is 992. The van der Waals surface area contributed by atoms with Crippen LogP contribution in [0.25, 0.3) is 11.0 Å². The fourth-order valence-electron chi connectivity index (χ4n) is 3.88. The van der Waals surface area contributed by atoms with Gasteiger partial charge in [0.1, 0.15) is 0 Å². The predicted octanol–water partition coefficient (Wildman–Crippen LogP) is 5.41. The molecule has 0 spiro atoms. The molecule has 0 saturated heterocycles. The number of benzene rings is 3. The quantitative estimate of drug-likeness (QED) is 0.329. The summed E-state index contributed by atoms with van der Waals surface area (Å²) >= 11 is 3.35. The minimum atomic E-state index is 1.03. The van der Waals surface area contributed by atoms with Crippen LogP contribution in [0.5, 0.6) is 0 Å². The van der Waals surface area contributed by atoms with Crippen LogP contribution in [0.4, 0.5) is 0 Å². The average Bonchev–Trinajstić information content (AvgIpc) is 3.01. The van der Waals surface area contributed by atoms with Gasteiger partial charge in [-0.2, -0.15) is 0 Å². The van der Waals surface area contributed by atoms with Crippen LogP contribution in [0.3, 0.4) is 0 Å². The summed E-state index contributed by atoms with van der Waals surface area (Å²) in [6.45, 7) is 2.06. The molecule has 0 unspecified atom stereocenters. The molecule has 0 aliphatic rings. The predicted molar refractivity (Wildman–Crippen MR) is 118 cm³/mol. The summed E-state index contributed by atoms with van der Waals surface area (Å²) in [7, 11) is 0. The number of hydrogen-bond donors (Lipinski definition) is 0. The normalized spacial score (nSPS) is 11.1. The Hall–Kier alpha value is -2.35. The molecule has 0 radical (unpaired) electrons. The third kappa shape index (κ3) is 4.38. The molecule has 4 aromatic rings. The van der Waals surface area contributed by atoms with Gasteiger partial charge in [0.05, 0.1) is 0 Å². The van der Waals surface area contributed by atoms with Gasteiger partial charge in [0.15, 0.2) is 0 Å². The monoisotopic (exact) mass is 434 g/mol.